The first-order valence-corrected chi connectivity index (χ1v) is 15.1. The van der Waals surface area contributed by atoms with Crippen LogP contribution >= 0.6 is 15.9 Å². The van der Waals surface area contributed by atoms with Gasteiger partial charge >= 0.3 is 6.09 Å². The van der Waals surface area contributed by atoms with E-state index < -0.39 is 27.2 Å². The summed E-state index contributed by atoms with van der Waals surface area (Å²) in [5.41, 5.74) is 1.89. The maximum absolute atomic E-state index is 13.4. The number of ether oxygens (including phenoxy) is 1. The standard InChI is InChI=1S/C31H45BrN2O3S/c1-23(2)22-31(26-14-11-10-12-15-26,33-38(36)30(7,8)9)20-13-21-34(28(35)37-29(4,5)6)24(3)25-16-18-27(32)19-17-25/h10-12,14-19,24,33H,1,13,20-22H2,2-9H3/t24-,31-,38+/m0/s1. The van der Waals surface area contributed by atoms with Crippen molar-refractivity contribution in [1.29, 1.82) is 0 Å². The smallest absolute Gasteiger partial charge is 0.410 e. The van der Waals surface area contributed by atoms with Gasteiger partial charge in [-0.25, -0.2) is 4.79 Å². The Morgan fingerprint density at radius 3 is 2.16 bits per heavy atom. The Bertz CT molecular complexity index is 1050. The van der Waals surface area contributed by atoms with Gasteiger partial charge in [0.15, 0.2) is 0 Å². The summed E-state index contributed by atoms with van der Waals surface area (Å²) in [4.78, 5) is 15.2. The maximum atomic E-state index is 13.4. The molecule has 7 heteroatoms. The number of benzene rings is 2. The second-order valence-corrected chi connectivity index (χ2v) is 15.0. The van der Waals surface area contributed by atoms with Crippen LogP contribution in [0.4, 0.5) is 4.79 Å². The summed E-state index contributed by atoms with van der Waals surface area (Å²) in [6, 6.07) is 18.0. The summed E-state index contributed by atoms with van der Waals surface area (Å²) in [5.74, 6) is 0. The molecule has 0 aliphatic heterocycles. The second kappa shape index (κ2) is 13.5. The third-order valence-corrected chi connectivity index (χ3v) is 8.44. The Labute approximate surface area is 241 Å². The van der Waals surface area contributed by atoms with Crippen molar-refractivity contribution in [3.8, 4) is 0 Å². The summed E-state index contributed by atoms with van der Waals surface area (Å²) < 4.78 is 23.3. The van der Waals surface area contributed by atoms with Gasteiger partial charge in [-0.05, 0) is 97.9 Å². The molecule has 0 saturated heterocycles. The van der Waals surface area contributed by atoms with E-state index in [1.165, 1.54) is 0 Å². The van der Waals surface area contributed by atoms with Gasteiger partial charge in [-0.1, -0.05) is 64.0 Å². The lowest BCUT2D eigenvalue weighted by atomic mass is 9.81. The van der Waals surface area contributed by atoms with E-state index >= 15 is 0 Å². The maximum Gasteiger partial charge on any atom is 0.410 e. The van der Waals surface area contributed by atoms with Gasteiger partial charge in [0.05, 0.1) is 11.6 Å². The second-order valence-electron chi connectivity index (χ2n) is 12.1. The molecule has 210 valence electrons. The topological polar surface area (TPSA) is 64.6 Å². The molecular weight excluding hydrogens is 560 g/mol. The number of hydrogen-bond donors (Lipinski definition) is 1. The van der Waals surface area contributed by atoms with E-state index in [0.717, 1.165) is 21.2 Å². The van der Waals surface area contributed by atoms with E-state index in [2.05, 4.69) is 39.4 Å². The quantitative estimate of drug-likeness (QED) is 0.206. The Balaban J connectivity index is 2.40. The molecule has 5 nitrogen and oxygen atoms in total. The largest absolute Gasteiger partial charge is 0.598 e. The Kier molecular flexibility index (Phi) is 11.5. The lowest BCUT2D eigenvalue weighted by Crippen LogP contribution is -2.52. The van der Waals surface area contributed by atoms with Gasteiger partial charge in [0.25, 0.3) is 0 Å². The Morgan fingerprint density at radius 2 is 1.66 bits per heavy atom. The highest BCUT2D eigenvalue weighted by molar-refractivity contribution is 9.10. The van der Waals surface area contributed by atoms with Crippen LogP contribution in [0.1, 0.15) is 91.8 Å². The number of rotatable bonds is 11. The fraction of sp³-hybridized carbons (Fsp3) is 0.516. The molecule has 0 aliphatic carbocycles. The van der Waals surface area contributed by atoms with Gasteiger partial charge < -0.3 is 14.2 Å². The zero-order chi connectivity index (χ0) is 28.7. The van der Waals surface area contributed by atoms with Crippen LogP contribution in [0.2, 0.25) is 0 Å². The number of nitrogens with one attached hydrogen (secondary N) is 1. The van der Waals surface area contributed by atoms with Crippen LogP contribution < -0.4 is 4.72 Å². The molecule has 0 fully saturated rings. The molecule has 0 aromatic heterocycles. The molecule has 0 bridgehead atoms. The van der Waals surface area contributed by atoms with Crippen molar-refractivity contribution < 1.29 is 14.1 Å². The van der Waals surface area contributed by atoms with E-state index in [-0.39, 0.29) is 12.1 Å². The highest BCUT2D eigenvalue weighted by Gasteiger charge is 2.40. The molecule has 3 atom stereocenters. The molecule has 1 N–H and O–H groups in total. The highest BCUT2D eigenvalue weighted by atomic mass is 79.9. The fourth-order valence-electron chi connectivity index (χ4n) is 4.32. The van der Waals surface area contributed by atoms with Gasteiger partial charge in [-0.3, -0.25) is 0 Å². The zero-order valence-corrected chi connectivity index (χ0v) is 26.7. The molecule has 2 aromatic rings. The van der Waals surface area contributed by atoms with Crippen LogP contribution in [0.15, 0.2) is 71.2 Å². The minimum atomic E-state index is -1.30. The van der Waals surface area contributed by atoms with Crippen LogP contribution in [0.25, 0.3) is 0 Å². The van der Waals surface area contributed by atoms with E-state index in [1.807, 2.05) is 97.9 Å². The lowest BCUT2D eigenvalue weighted by Gasteiger charge is -2.39. The molecule has 0 spiro atoms. The van der Waals surface area contributed by atoms with Crippen LogP contribution in [-0.4, -0.2) is 32.4 Å². The molecule has 2 aromatic carbocycles. The first-order chi connectivity index (χ1) is 17.5. The minimum Gasteiger partial charge on any atom is -0.598 e. The fourth-order valence-corrected chi connectivity index (χ4v) is 5.54. The summed E-state index contributed by atoms with van der Waals surface area (Å²) >= 11 is 2.19. The normalized spacial score (nSPS) is 15.3. The number of carbonyl (C=O) groups is 1. The summed E-state index contributed by atoms with van der Waals surface area (Å²) in [6.07, 6.45) is 1.63. The molecular formula is C31H45BrN2O3S. The number of hydrogen-bond acceptors (Lipinski definition) is 4. The van der Waals surface area contributed by atoms with Crippen LogP contribution in [0.3, 0.4) is 0 Å². The van der Waals surface area contributed by atoms with Crippen LogP contribution in [0, 0.1) is 0 Å². The number of carbonyl (C=O) groups excluding carboxylic acids is 1. The molecule has 1 amide bonds. The van der Waals surface area contributed by atoms with Crippen molar-refractivity contribution in [2.24, 2.45) is 0 Å². The van der Waals surface area contributed by atoms with E-state index in [0.29, 0.717) is 25.8 Å². The monoisotopic (exact) mass is 604 g/mol. The van der Waals surface area contributed by atoms with Gasteiger partial charge in [0, 0.05) is 22.4 Å². The first-order valence-electron chi connectivity index (χ1n) is 13.2. The average Bonchev–Trinajstić information content (AvgIpc) is 2.80. The van der Waals surface area contributed by atoms with Gasteiger partial charge in [0.2, 0.25) is 0 Å². The molecule has 2 rings (SSSR count). The SMILES string of the molecule is C=C(C)C[C@](CCCN(C(=O)OC(C)(C)C)[C@@H](C)c1ccc(Br)cc1)(N[S@+]([O-])C(C)(C)C)c1ccccc1. The molecule has 0 saturated carbocycles. The van der Waals surface area contributed by atoms with Crippen LogP contribution in [-0.2, 0) is 21.6 Å². The average molecular weight is 606 g/mol. The van der Waals surface area contributed by atoms with Crippen molar-refractivity contribution in [1.82, 2.24) is 9.62 Å². The third-order valence-electron chi connectivity index (χ3n) is 6.22. The van der Waals surface area contributed by atoms with E-state index in [4.69, 9.17) is 4.74 Å². The Hall–Kier alpha value is -1.80. The lowest BCUT2D eigenvalue weighted by molar-refractivity contribution is 0.0165. The zero-order valence-electron chi connectivity index (χ0n) is 24.3. The molecule has 38 heavy (non-hydrogen) atoms. The van der Waals surface area contributed by atoms with Crippen molar-refractivity contribution in [3.05, 3.63) is 82.3 Å². The van der Waals surface area contributed by atoms with Gasteiger partial charge in [-0.2, -0.15) is 0 Å². The molecule has 0 unspecified atom stereocenters. The highest BCUT2D eigenvalue weighted by Crippen LogP contribution is 2.36. The van der Waals surface area contributed by atoms with Gasteiger partial charge in [-0.15, -0.1) is 11.3 Å². The van der Waals surface area contributed by atoms with Crippen molar-refractivity contribution >= 4 is 33.4 Å². The summed E-state index contributed by atoms with van der Waals surface area (Å²) in [5, 5.41) is 0. The first kappa shape index (κ1) is 32.4. The minimum absolute atomic E-state index is 0.179. The summed E-state index contributed by atoms with van der Waals surface area (Å²) in [7, 11) is 0. The molecule has 0 heterocycles. The van der Waals surface area contributed by atoms with Crippen LogP contribution in [0.5, 0.6) is 0 Å². The number of halogens is 1. The number of amides is 1. The molecule has 0 aliphatic rings. The number of nitrogens with zero attached hydrogens (tertiary/aromatic N) is 1. The van der Waals surface area contributed by atoms with E-state index in [1.54, 1.807) is 4.90 Å². The van der Waals surface area contributed by atoms with Crippen molar-refractivity contribution in [3.63, 3.8) is 0 Å². The Morgan fingerprint density at radius 1 is 1.08 bits per heavy atom. The summed E-state index contributed by atoms with van der Waals surface area (Å²) in [6.45, 7) is 20.3. The molecule has 0 radical (unpaired) electrons. The van der Waals surface area contributed by atoms with Crippen molar-refractivity contribution in [2.45, 2.75) is 96.6 Å². The van der Waals surface area contributed by atoms with Gasteiger partial charge in [0.1, 0.15) is 10.3 Å². The predicted octanol–water partition coefficient (Wildman–Crippen LogP) is 8.44. The van der Waals surface area contributed by atoms with E-state index in [9.17, 15) is 9.35 Å². The third kappa shape index (κ3) is 9.74. The van der Waals surface area contributed by atoms with Crippen molar-refractivity contribution in [2.75, 3.05) is 6.54 Å². The predicted molar refractivity (Wildman–Crippen MR) is 163 cm³/mol.